The third-order valence-corrected chi connectivity index (χ3v) is 3.05. The molecule has 0 spiro atoms. The van der Waals surface area contributed by atoms with Crippen molar-refractivity contribution in [2.75, 3.05) is 0 Å². The number of benzene rings is 1. The number of hydrogen-bond acceptors (Lipinski definition) is 3. The van der Waals surface area contributed by atoms with E-state index in [1.165, 1.54) is 12.1 Å². The Morgan fingerprint density at radius 3 is 2.44 bits per heavy atom. The molecule has 0 aliphatic rings. The lowest BCUT2D eigenvalue weighted by Crippen LogP contribution is -2.06. The topological polar surface area (TPSA) is 91.7 Å². The Labute approximate surface area is 93.5 Å². The zero-order valence-corrected chi connectivity index (χ0v) is 9.49. The first-order valence-electron chi connectivity index (χ1n) is 4.70. The quantitative estimate of drug-likeness (QED) is 0.784. The molecule has 1 aromatic rings. The third kappa shape index (κ3) is 2.80. The molecule has 88 valence electrons. The molecule has 0 aliphatic carbocycles. The monoisotopic (exact) mass is 244 g/mol. The summed E-state index contributed by atoms with van der Waals surface area (Å²) in [6.07, 6.45) is 1.17. The largest absolute Gasteiger partial charge is 0.478 e. The van der Waals surface area contributed by atoms with Crippen molar-refractivity contribution in [1.29, 1.82) is 0 Å². The van der Waals surface area contributed by atoms with Crippen molar-refractivity contribution >= 4 is 16.1 Å². The molecule has 2 N–H and O–H groups in total. The predicted molar refractivity (Wildman–Crippen MR) is 57.2 cm³/mol. The molecule has 1 rings (SSSR count). The number of carboxylic acid groups (broad SMARTS) is 1. The Hall–Kier alpha value is -1.40. The molecule has 0 aromatic heterocycles. The van der Waals surface area contributed by atoms with Crippen LogP contribution < -0.4 is 0 Å². The zero-order chi connectivity index (χ0) is 12.3. The van der Waals surface area contributed by atoms with Crippen molar-refractivity contribution in [3.8, 4) is 0 Å². The maximum Gasteiger partial charge on any atom is 0.335 e. The van der Waals surface area contributed by atoms with Gasteiger partial charge >= 0.3 is 5.97 Å². The molecular weight excluding hydrogens is 232 g/mol. The molecule has 0 bridgehead atoms. The number of carboxylic acids is 1. The molecule has 1 aromatic carbocycles. The average Bonchev–Trinajstić information content (AvgIpc) is 2.16. The van der Waals surface area contributed by atoms with Crippen molar-refractivity contribution in [2.24, 2.45) is 0 Å². The summed E-state index contributed by atoms with van der Waals surface area (Å²) in [5.74, 6) is -1.23. The van der Waals surface area contributed by atoms with Crippen LogP contribution in [0.2, 0.25) is 0 Å². The Balaban J connectivity index is 3.39. The van der Waals surface area contributed by atoms with Gasteiger partial charge in [0.2, 0.25) is 0 Å². The maximum absolute atomic E-state index is 11.1. The van der Waals surface area contributed by atoms with Crippen LogP contribution in [0.4, 0.5) is 0 Å². The maximum atomic E-state index is 11.1. The number of aryl methyl sites for hydroxylation is 1. The summed E-state index contributed by atoms with van der Waals surface area (Å²) in [5, 5.41) is 8.72. The number of rotatable bonds is 4. The van der Waals surface area contributed by atoms with Gasteiger partial charge in [-0.2, -0.15) is 8.42 Å². The first-order chi connectivity index (χ1) is 7.36. The van der Waals surface area contributed by atoms with Crippen LogP contribution in [0.5, 0.6) is 0 Å². The fourth-order valence-corrected chi connectivity index (χ4v) is 2.18. The molecule has 0 aliphatic heterocycles. The molecule has 0 atom stereocenters. The summed E-state index contributed by atoms with van der Waals surface area (Å²) in [5.41, 5.74) is 0.266. The van der Waals surface area contributed by atoms with Crippen molar-refractivity contribution < 1.29 is 22.9 Å². The van der Waals surface area contributed by atoms with E-state index >= 15 is 0 Å². The molecule has 16 heavy (non-hydrogen) atoms. The van der Waals surface area contributed by atoms with Crippen molar-refractivity contribution in [3.05, 3.63) is 29.3 Å². The van der Waals surface area contributed by atoms with E-state index in [9.17, 15) is 13.2 Å². The lowest BCUT2D eigenvalue weighted by molar-refractivity contribution is 0.0696. The summed E-state index contributed by atoms with van der Waals surface area (Å²) in [6.45, 7) is 1.86. The summed E-state index contributed by atoms with van der Waals surface area (Å²) in [4.78, 5) is 10.3. The van der Waals surface area contributed by atoms with Crippen LogP contribution in [-0.4, -0.2) is 24.0 Å². The molecule has 0 unspecified atom stereocenters. The Morgan fingerprint density at radius 1 is 1.38 bits per heavy atom. The van der Waals surface area contributed by atoms with Gasteiger partial charge in [0.15, 0.2) is 0 Å². The van der Waals surface area contributed by atoms with Crippen LogP contribution in [0.25, 0.3) is 0 Å². The van der Waals surface area contributed by atoms with E-state index in [0.29, 0.717) is 18.4 Å². The second-order valence-corrected chi connectivity index (χ2v) is 4.74. The van der Waals surface area contributed by atoms with Gasteiger partial charge in [0.1, 0.15) is 0 Å². The second kappa shape index (κ2) is 4.63. The van der Waals surface area contributed by atoms with Gasteiger partial charge in [0, 0.05) is 0 Å². The van der Waals surface area contributed by atoms with E-state index in [0.717, 1.165) is 6.07 Å². The molecule has 0 saturated carbocycles. The molecule has 5 nitrogen and oxygen atoms in total. The minimum atomic E-state index is -4.38. The van der Waals surface area contributed by atoms with E-state index in [1.54, 1.807) is 0 Å². The summed E-state index contributed by atoms with van der Waals surface area (Å²) in [6, 6.07) is 3.71. The fraction of sp³-hybridized carbons (Fsp3) is 0.300. The highest BCUT2D eigenvalue weighted by molar-refractivity contribution is 7.85. The van der Waals surface area contributed by atoms with Gasteiger partial charge in [0.25, 0.3) is 10.1 Å². The van der Waals surface area contributed by atoms with E-state index in [4.69, 9.17) is 9.66 Å². The van der Waals surface area contributed by atoms with Crippen LogP contribution in [-0.2, 0) is 16.5 Å². The van der Waals surface area contributed by atoms with Crippen LogP contribution in [0.1, 0.15) is 29.3 Å². The number of hydrogen-bond donors (Lipinski definition) is 2. The SMILES string of the molecule is CCCc1ccc(C(=O)O)cc1S(=O)(=O)O. The van der Waals surface area contributed by atoms with Gasteiger partial charge < -0.3 is 5.11 Å². The van der Waals surface area contributed by atoms with E-state index in [2.05, 4.69) is 0 Å². The highest BCUT2D eigenvalue weighted by Gasteiger charge is 2.17. The van der Waals surface area contributed by atoms with E-state index in [-0.39, 0.29) is 10.5 Å². The van der Waals surface area contributed by atoms with Crippen molar-refractivity contribution in [3.63, 3.8) is 0 Å². The van der Waals surface area contributed by atoms with Gasteiger partial charge in [-0.25, -0.2) is 4.79 Å². The lowest BCUT2D eigenvalue weighted by atomic mass is 10.1. The highest BCUT2D eigenvalue weighted by Crippen LogP contribution is 2.19. The summed E-state index contributed by atoms with van der Waals surface area (Å²) >= 11 is 0. The van der Waals surface area contributed by atoms with Crippen LogP contribution >= 0.6 is 0 Å². The summed E-state index contributed by atoms with van der Waals surface area (Å²) in [7, 11) is -4.38. The normalized spacial score (nSPS) is 11.4. The summed E-state index contributed by atoms with van der Waals surface area (Å²) < 4.78 is 31.1. The molecule has 0 amide bonds. The Morgan fingerprint density at radius 2 is 2.00 bits per heavy atom. The van der Waals surface area contributed by atoms with Gasteiger partial charge in [-0.1, -0.05) is 19.4 Å². The van der Waals surface area contributed by atoms with Crippen LogP contribution in [0.3, 0.4) is 0 Å². The number of carbonyl (C=O) groups is 1. The molecule has 0 fully saturated rings. The third-order valence-electron chi connectivity index (χ3n) is 2.11. The van der Waals surface area contributed by atoms with Crippen LogP contribution in [0, 0.1) is 0 Å². The zero-order valence-electron chi connectivity index (χ0n) is 8.67. The standard InChI is InChI=1S/C10H12O5S/c1-2-3-7-4-5-8(10(11)12)6-9(7)16(13,14)15/h4-6H,2-3H2,1H3,(H,11,12)(H,13,14,15). The Kier molecular flexibility index (Phi) is 3.66. The smallest absolute Gasteiger partial charge is 0.335 e. The first kappa shape index (κ1) is 12.7. The highest BCUT2D eigenvalue weighted by atomic mass is 32.2. The molecule has 0 heterocycles. The van der Waals surface area contributed by atoms with Gasteiger partial charge in [-0.05, 0) is 24.1 Å². The first-order valence-corrected chi connectivity index (χ1v) is 6.14. The fourth-order valence-electron chi connectivity index (χ4n) is 1.40. The van der Waals surface area contributed by atoms with Gasteiger partial charge in [0.05, 0.1) is 10.5 Å². The van der Waals surface area contributed by atoms with E-state index in [1.807, 2.05) is 6.92 Å². The molecular formula is C10H12O5S. The van der Waals surface area contributed by atoms with Gasteiger partial charge in [-0.15, -0.1) is 0 Å². The van der Waals surface area contributed by atoms with Gasteiger partial charge in [-0.3, -0.25) is 4.55 Å². The lowest BCUT2D eigenvalue weighted by Gasteiger charge is -2.06. The molecule has 6 heteroatoms. The minimum Gasteiger partial charge on any atom is -0.478 e. The average molecular weight is 244 g/mol. The molecule has 0 radical (unpaired) electrons. The number of aromatic carboxylic acids is 1. The van der Waals surface area contributed by atoms with Crippen molar-refractivity contribution in [1.82, 2.24) is 0 Å². The van der Waals surface area contributed by atoms with Crippen molar-refractivity contribution in [2.45, 2.75) is 24.7 Å². The van der Waals surface area contributed by atoms with Crippen LogP contribution in [0.15, 0.2) is 23.1 Å². The molecule has 0 saturated heterocycles. The minimum absolute atomic E-state index is 0.160. The second-order valence-electron chi connectivity index (χ2n) is 3.35. The predicted octanol–water partition coefficient (Wildman–Crippen LogP) is 1.58. The van der Waals surface area contributed by atoms with E-state index < -0.39 is 16.1 Å². The Bertz CT molecular complexity index is 504.